The molecular formula is C30H34N2O2. The summed E-state index contributed by atoms with van der Waals surface area (Å²) in [5.74, 6) is 0.0803. The molecule has 3 aromatic rings. The molecule has 3 aromatic carbocycles. The zero-order valence-corrected chi connectivity index (χ0v) is 20.0. The molecule has 1 fully saturated rings. The second-order valence-corrected chi connectivity index (χ2v) is 9.83. The van der Waals surface area contributed by atoms with Crippen LogP contribution in [0.4, 0.5) is 0 Å². The molecule has 0 aromatic heterocycles. The number of amides is 1. The van der Waals surface area contributed by atoms with Crippen molar-refractivity contribution in [1.29, 1.82) is 0 Å². The number of piperidine rings is 1. The van der Waals surface area contributed by atoms with Crippen molar-refractivity contribution in [2.75, 3.05) is 20.2 Å². The van der Waals surface area contributed by atoms with Gasteiger partial charge in [0.25, 0.3) is 5.91 Å². The highest BCUT2D eigenvalue weighted by Gasteiger charge is 2.29. The van der Waals surface area contributed by atoms with E-state index in [0.29, 0.717) is 0 Å². The quantitative estimate of drug-likeness (QED) is 0.574. The zero-order valence-electron chi connectivity index (χ0n) is 20.0. The number of hydrogen-bond donors (Lipinski definition) is 1. The molecule has 34 heavy (non-hydrogen) atoms. The number of aliphatic hydroxyl groups excluding tert-OH is 1. The van der Waals surface area contributed by atoms with Gasteiger partial charge >= 0.3 is 0 Å². The number of likely N-dealkylation sites (tertiary alicyclic amines) is 1. The second kappa shape index (κ2) is 10.1. The Morgan fingerprint density at radius 1 is 0.941 bits per heavy atom. The highest BCUT2D eigenvalue weighted by molar-refractivity contribution is 5.94. The van der Waals surface area contributed by atoms with Gasteiger partial charge < -0.3 is 10.0 Å². The van der Waals surface area contributed by atoms with Crippen molar-refractivity contribution in [2.24, 2.45) is 0 Å². The average molecular weight is 455 g/mol. The van der Waals surface area contributed by atoms with Crippen LogP contribution in [0.3, 0.4) is 0 Å². The first kappa shape index (κ1) is 22.8. The second-order valence-electron chi connectivity index (χ2n) is 9.83. The first-order valence-corrected chi connectivity index (χ1v) is 12.5. The molecule has 2 atom stereocenters. The minimum absolute atomic E-state index is 0.0803. The summed E-state index contributed by atoms with van der Waals surface area (Å²) < 4.78 is 0. The predicted molar refractivity (Wildman–Crippen MR) is 137 cm³/mol. The number of carbonyl (C=O) groups is 1. The molecule has 1 aliphatic carbocycles. The van der Waals surface area contributed by atoms with E-state index in [1.165, 1.54) is 29.5 Å². The van der Waals surface area contributed by atoms with Crippen LogP contribution in [0.5, 0.6) is 0 Å². The van der Waals surface area contributed by atoms with E-state index in [2.05, 4.69) is 35.2 Å². The maximum Gasteiger partial charge on any atom is 0.253 e. The minimum atomic E-state index is 0.0803. The molecule has 1 aliphatic heterocycles. The van der Waals surface area contributed by atoms with Crippen LogP contribution in [-0.4, -0.2) is 53.1 Å². The number of hydrogen-bond acceptors (Lipinski definition) is 3. The molecular weight excluding hydrogens is 420 g/mol. The van der Waals surface area contributed by atoms with Gasteiger partial charge in [-0.05, 0) is 72.2 Å². The van der Waals surface area contributed by atoms with Crippen molar-refractivity contribution < 1.29 is 9.90 Å². The molecule has 0 radical (unpaired) electrons. The summed E-state index contributed by atoms with van der Waals surface area (Å²) in [6, 6.07) is 25.5. The fraction of sp³-hybridized carbons (Fsp3) is 0.367. The molecule has 1 saturated heterocycles. The summed E-state index contributed by atoms with van der Waals surface area (Å²) in [6.07, 6.45) is 5.31. The Morgan fingerprint density at radius 2 is 1.68 bits per heavy atom. The Morgan fingerprint density at radius 3 is 2.44 bits per heavy atom. The molecule has 2 aliphatic rings. The van der Waals surface area contributed by atoms with E-state index in [-0.39, 0.29) is 24.6 Å². The van der Waals surface area contributed by atoms with Crippen LogP contribution in [0.2, 0.25) is 0 Å². The first-order chi connectivity index (χ1) is 16.6. The van der Waals surface area contributed by atoms with Crippen LogP contribution in [-0.2, 0) is 19.4 Å². The van der Waals surface area contributed by atoms with Crippen LogP contribution < -0.4 is 0 Å². The van der Waals surface area contributed by atoms with Gasteiger partial charge in [-0.15, -0.1) is 0 Å². The molecule has 0 spiro atoms. The van der Waals surface area contributed by atoms with Gasteiger partial charge in [-0.25, -0.2) is 0 Å². The first-order valence-electron chi connectivity index (χ1n) is 12.5. The third kappa shape index (κ3) is 4.79. The van der Waals surface area contributed by atoms with Crippen LogP contribution >= 0.6 is 0 Å². The topological polar surface area (TPSA) is 43.8 Å². The van der Waals surface area contributed by atoms with Crippen LogP contribution in [0.15, 0.2) is 72.8 Å². The number of likely N-dealkylation sites (N-methyl/N-ethyl adjacent to an activating group) is 1. The van der Waals surface area contributed by atoms with Crippen LogP contribution in [0.25, 0.3) is 11.1 Å². The lowest BCUT2D eigenvalue weighted by molar-refractivity contribution is 0.0738. The van der Waals surface area contributed by atoms with E-state index in [9.17, 15) is 9.90 Å². The number of rotatable bonds is 6. The van der Waals surface area contributed by atoms with Crippen molar-refractivity contribution in [1.82, 2.24) is 9.80 Å². The third-order valence-electron chi connectivity index (χ3n) is 7.63. The van der Waals surface area contributed by atoms with Gasteiger partial charge in [-0.3, -0.25) is 9.69 Å². The van der Waals surface area contributed by atoms with Crippen molar-refractivity contribution in [3.8, 4) is 11.1 Å². The van der Waals surface area contributed by atoms with Gasteiger partial charge in [0, 0.05) is 31.2 Å². The Kier molecular flexibility index (Phi) is 6.80. The number of nitrogens with zero attached hydrogens (tertiary/aromatic N) is 2. The number of fused-ring (bicyclic) bond motifs is 1. The lowest BCUT2D eigenvalue weighted by Crippen LogP contribution is -2.41. The SMILES string of the molecule is CN(C(=O)c1ccc(-c2ccccc2)cc1)[C@@H]1Cc2ccc(CN3CCCCC3CO)cc2C1. The molecule has 0 saturated carbocycles. The largest absolute Gasteiger partial charge is 0.395 e. The highest BCUT2D eigenvalue weighted by atomic mass is 16.3. The lowest BCUT2D eigenvalue weighted by atomic mass is 10.0. The monoisotopic (exact) mass is 454 g/mol. The van der Waals surface area contributed by atoms with Crippen LogP contribution in [0, 0.1) is 0 Å². The normalized spacial score (nSPS) is 20.2. The maximum absolute atomic E-state index is 13.2. The predicted octanol–water partition coefficient (Wildman–Crippen LogP) is 4.94. The smallest absolute Gasteiger partial charge is 0.253 e. The Labute approximate surface area is 202 Å². The molecule has 176 valence electrons. The molecule has 5 rings (SSSR count). The van der Waals surface area contributed by atoms with Crippen molar-refractivity contribution in [2.45, 2.75) is 50.7 Å². The standard InChI is InChI=1S/C30H34N2O2/c1-31(30(34)25-14-12-24(13-15-25)23-7-3-2-4-8-23)29-18-26-11-10-22(17-27(26)19-29)20-32-16-6-5-9-28(32)21-33/h2-4,7-8,10-15,17,28-29,33H,5-6,9,16,18-21H2,1H3/t28?,29-/m1/s1. The van der Waals surface area contributed by atoms with Gasteiger partial charge in [0.15, 0.2) is 0 Å². The lowest BCUT2D eigenvalue weighted by Gasteiger charge is -2.34. The molecule has 4 heteroatoms. The number of benzene rings is 3. The van der Waals surface area contributed by atoms with Crippen molar-refractivity contribution in [3.05, 3.63) is 95.1 Å². The Balaban J connectivity index is 1.24. The fourth-order valence-corrected chi connectivity index (χ4v) is 5.54. The van der Waals surface area contributed by atoms with E-state index in [1.54, 1.807) is 0 Å². The Bertz CT molecular complexity index is 1130. The highest BCUT2D eigenvalue weighted by Crippen LogP contribution is 2.29. The molecule has 0 bridgehead atoms. The van der Waals surface area contributed by atoms with E-state index >= 15 is 0 Å². The van der Waals surface area contributed by atoms with Gasteiger partial charge in [0.2, 0.25) is 0 Å². The molecule has 1 unspecified atom stereocenters. The maximum atomic E-state index is 13.2. The number of aliphatic hydroxyl groups is 1. The van der Waals surface area contributed by atoms with E-state index in [0.717, 1.165) is 49.0 Å². The zero-order chi connectivity index (χ0) is 23.5. The molecule has 1 amide bonds. The van der Waals surface area contributed by atoms with Gasteiger partial charge in [0.1, 0.15) is 0 Å². The van der Waals surface area contributed by atoms with Gasteiger partial charge in [-0.2, -0.15) is 0 Å². The fourth-order valence-electron chi connectivity index (χ4n) is 5.54. The summed E-state index contributed by atoms with van der Waals surface area (Å²) in [4.78, 5) is 17.6. The number of carbonyl (C=O) groups excluding carboxylic acids is 1. The Hall–Kier alpha value is -2.95. The van der Waals surface area contributed by atoms with Crippen LogP contribution in [0.1, 0.15) is 46.3 Å². The van der Waals surface area contributed by atoms with E-state index in [1.807, 2.05) is 54.4 Å². The summed E-state index contributed by atoms with van der Waals surface area (Å²) in [6.45, 7) is 2.20. The molecule has 4 nitrogen and oxygen atoms in total. The molecule has 1 heterocycles. The van der Waals surface area contributed by atoms with E-state index in [4.69, 9.17) is 0 Å². The average Bonchev–Trinajstić information content (AvgIpc) is 3.32. The van der Waals surface area contributed by atoms with E-state index < -0.39 is 0 Å². The third-order valence-corrected chi connectivity index (χ3v) is 7.63. The summed E-state index contributed by atoms with van der Waals surface area (Å²) in [5.41, 5.74) is 7.04. The summed E-state index contributed by atoms with van der Waals surface area (Å²) in [7, 11) is 1.93. The molecule has 1 N–H and O–H groups in total. The van der Waals surface area contributed by atoms with Crippen molar-refractivity contribution in [3.63, 3.8) is 0 Å². The minimum Gasteiger partial charge on any atom is -0.395 e. The summed E-state index contributed by atoms with van der Waals surface area (Å²) in [5, 5.41) is 9.73. The van der Waals surface area contributed by atoms with Gasteiger partial charge in [-0.1, -0.05) is 67.1 Å². The van der Waals surface area contributed by atoms with Crippen molar-refractivity contribution >= 4 is 5.91 Å². The summed E-state index contributed by atoms with van der Waals surface area (Å²) >= 11 is 0. The van der Waals surface area contributed by atoms with Gasteiger partial charge in [0.05, 0.1) is 6.61 Å².